The first-order valence-electron chi connectivity index (χ1n) is 9.16. The van der Waals surface area contributed by atoms with Crippen LogP contribution in [0.15, 0.2) is 59.1 Å². The molecule has 2 aromatic carbocycles. The molecule has 1 aliphatic rings. The second-order valence-corrected chi connectivity index (χ2v) is 7.73. The van der Waals surface area contributed by atoms with Crippen molar-refractivity contribution in [1.29, 1.82) is 0 Å². The first kappa shape index (κ1) is 19.4. The number of carbonyl (C=O) groups is 2. The van der Waals surface area contributed by atoms with Crippen molar-refractivity contribution in [1.82, 2.24) is 15.5 Å². The zero-order valence-electron chi connectivity index (χ0n) is 15.3. The van der Waals surface area contributed by atoms with Crippen LogP contribution in [0, 0.1) is 0 Å². The van der Waals surface area contributed by atoms with Crippen LogP contribution in [0.1, 0.15) is 30.5 Å². The number of nitrogens with one attached hydrogen (secondary N) is 2. The fourth-order valence-corrected chi connectivity index (χ4v) is 3.81. The molecule has 5 nitrogen and oxygen atoms in total. The molecule has 2 aromatic rings. The molecule has 1 saturated heterocycles. The number of hydrogen-bond donors (Lipinski definition) is 2. The molecule has 0 spiro atoms. The number of carbonyl (C=O) groups excluding carboxylic acids is 2. The summed E-state index contributed by atoms with van der Waals surface area (Å²) in [5.41, 5.74) is 2.26. The molecule has 1 heterocycles. The molecule has 0 bridgehead atoms. The van der Waals surface area contributed by atoms with Crippen molar-refractivity contribution in [3.63, 3.8) is 0 Å². The highest BCUT2D eigenvalue weighted by atomic mass is 79.9. The van der Waals surface area contributed by atoms with Gasteiger partial charge in [0.15, 0.2) is 0 Å². The number of urea groups is 1. The maximum absolute atomic E-state index is 12.4. The summed E-state index contributed by atoms with van der Waals surface area (Å²) in [5.74, 6) is 0.0748. The predicted molar refractivity (Wildman–Crippen MR) is 109 cm³/mol. The third-order valence-electron chi connectivity index (χ3n) is 4.83. The predicted octanol–water partition coefficient (Wildman–Crippen LogP) is 3.65. The summed E-state index contributed by atoms with van der Waals surface area (Å²) in [6.07, 6.45) is 1.10. The summed E-state index contributed by atoms with van der Waals surface area (Å²) in [7, 11) is 0. The molecule has 0 radical (unpaired) electrons. The fourth-order valence-electron chi connectivity index (χ4n) is 3.36. The van der Waals surface area contributed by atoms with Crippen molar-refractivity contribution in [2.45, 2.75) is 31.8 Å². The van der Waals surface area contributed by atoms with E-state index in [0.29, 0.717) is 19.5 Å². The minimum atomic E-state index is -0.225. The lowest BCUT2D eigenvalue weighted by Gasteiger charge is -2.25. The summed E-state index contributed by atoms with van der Waals surface area (Å²) in [5, 5.41) is 5.79. The third-order valence-corrected chi connectivity index (χ3v) is 5.32. The van der Waals surface area contributed by atoms with Gasteiger partial charge in [0.2, 0.25) is 5.91 Å². The van der Waals surface area contributed by atoms with Crippen LogP contribution in [0.2, 0.25) is 0 Å². The highest BCUT2D eigenvalue weighted by Crippen LogP contribution is 2.25. The molecule has 1 aliphatic heterocycles. The maximum Gasteiger partial charge on any atom is 0.315 e. The van der Waals surface area contributed by atoms with Crippen molar-refractivity contribution >= 4 is 27.9 Å². The van der Waals surface area contributed by atoms with Gasteiger partial charge >= 0.3 is 6.03 Å². The number of likely N-dealkylation sites (tertiary alicyclic amines) is 1. The maximum atomic E-state index is 12.4. The van der Waals surface area contributed by atoms with E-state index in [4.69, 9.17) is 0 Å². The van der Waals surface area contributed by atoms with Crippen LogP contribution in [-0.4, -0.2) is 36.0 Å². The summed E-state index contributed by atoms with van der Waals surface area (Å²) in [4.78, 5) is 26.3. The Kier molecular flexibility index (Phi) is 6.50. The van der Waals surface area contributed by atoms with E-state index in [1.54, 1.807) is 0 Å². The van der Waals surface area contributed by atoms with Crippen LogP contribution in [0.4, 0.5) is 4.79 Å². The van der Waals surface area contributed by atoms with Gasteiger partial charge in [0.1, 0.15) is 0 Å². The SMILES string of the molecule is CC(c1ccccc1)N1CC(NC(=O)NCCc2cccc(Br)c2)CC1=O. The first-order chi connectivity index (χ1) is 13.0. The van der Waals surface area contributed by atoms with E-state index < -0.39 is 0 Å². The van der Waals surface area contributed by atoms with Crippen LogP contribution in [0.25, 0.3) is 0 Å². The van der Waals surface area contributed by atoms with Gasteiger partial charge in [-0.25, -0.2) is 4.79 Å². The lowest BCUT2D eigenvalue weighted by atomic mass is 10.1. The molecule has 3 rings (SSSR count). The standard InChI is InChI=1S/C21H24BrN3O2/c1-15(17-7-3-2-4-8-17)25-14-19(13-20(25)26)24-21(27)23-11-10-16-6-5-9-18(22)12-16/h2-9,12,15,19H,10-11,13-14H2,1H3,(H2,23,24,27). The zero-order chi connectivity index (χ0) is 19.2. The molecule has 1 fully saturated rings. The van der Waals surface area contributed by atoms with Crippen LogP contribution in [-0.2, 0) is 11.2 Å². The fraction of sp³-hybridized carbons (Fsp3) is 0.333. The molecule has 6 heteroatoms. The van der Waals surface area contributed by atoms with Crippen LogP contribution >= 0.6 is 15.9 Å². The van der Waals surface area contributed by atoms with E-state index >= 15 is 0 Å². The van der Waals surface area contributed by atoms with Crippen molar-refractivity contribution in [3.05, 3.63) is 70.2 Å². The smallest absolute Gasteiger partial charge is 0.315 e. The van der Waals surface area contributed by atoms with Gasteiger partial charge in [-0.05, 0) is 36.6 Å². The van der Waals surface area contributed by atoms with E-state index in [2.05, 4.69) is 26.6 Å². The average molecular weight is 430 g/mol. The van der Waals surface area contributed by atoms with Crippen LogP contribution in [0.5, 0.6) is 0 Å². The van der Waals surface area contributed by atoms with Gasteiger partial charge in [-0.1, -0.05) is 58.4 Å². The molecule has 0 aliphatic carbocycles. The zero-order valence-corrected chi connectivity index (χ0v) is 16.9. The van der Waals surface area contributed by atoms with Crippen molar-refractivity contribution in [2.24, 2.45) is 0 Å². The molecule has 142 valence electrons. The third kappa shape index (κ3) is 5.32. The van der Waals surface area contributed by atoms with E-state index in [1.165, 1.54) is 0 Å². The van der Waals surface area contributed by atoms with E-state index in [-0.39, 0.29) is 24.0 Å². The molecule has 0 aromatic heterocycles. The Hall–Kier alpha value is -2.34. The lowest BCUT2D eigenvalue weighted by molar-refractivity contribution is -0.129. The van der Waals surface area contributed by atoms with E-state index in [1.807, 2.05) is 66.4 Å². The number of halogens is 1. The van der Waals surface area contributed by atoms with Crippen molar-refractivity contribution in [3.8, 4) is 0 Å². The molecule has 2 unspecified atom stereocenters. The highest BCUT2D eigenvalue weighted by molar-refractivity contribution is 9.10. The molecule has 27 heavy (non-hydrogen) atoms. The molecular weight excluding hydrogens is 406 g/mol. The topological polar surface area (TPSA) is 61.4 Å². The Labute approximate surface area is 168 Å². The van der Waals surface area contributed by atoms with Gasteiger partial charge in [0, 0.05) is 24.0 Å². The Balaban J connectivity index is 1.45. The second-order valence-electron chi connectivity index (χ2n) is 6.81. The number of hydrogen-bond acceptors (Lipinski definition) is 2. The quantitative estimate of drug-likeness (QED) is 0.735. The van der Waals surface area contributed by atoms with E-state index in [9.17, 15) is 9.59 Å². The second kappa shape index (κ2) is 9.04. The summed E-state index contributed by atoms with van der Waals surface area (Å²) < 4.78 is 1.03. The molecule has 3 amide bonds. The number of nitrogens with zero attached hydrogens (tertiary/aromatic N) is 1. The minimum Gasteiger partial charge on any atom is -0.338 e. The Morgan fingerprint density at radius 1 is 1.22 bits per heavy atom. The summed E-state index contributed by atoms with van der Waals surface area (Å²) in [6, 6.07) is 17.6. The van der Waals surface area contributed by atoms with Crippen LogP contribution in [0.3, 0.4) is 0 Å². The average Bonchev–Trinajstić information content (AvgIpc) is 3.02. The summed E-state index contributed by atoms with van der Waals surface area (Å²) in [6.45, 7) is 3.11. The van der Waals surface area contributed by atoms with Gasteiger partial charge in [-0.15, -0.1) is 0 Å². The number of amides is 3. The Morgan fingerprint density at radius 3 is 2.74 bits per heavy atom. The van der Waals surface area contributed by atoms with Crippen molar-refractivity contribution in [2.75, 3.05) is 13.1 Å². The molecule has 2 atom stereocenters. The monoisotopic (exact) mass is 429 g/mol. The first-order valence-corrected chi connectivity index (χ1v) is 9.95. The van der Waals surface area contributed by atoms with E-state index in [0.717, 1.165) is 22.0 Å². The number of rotatable bonds is 6. The number of benzene rings is 2. The van der Waals surface area contributed by atoms with Gasteiger partial charge < -0.3 is 15.5 Å². The molecular formula is C21H24BrN3O2. The summed E-state index contributed by atoms with van der Waals surface area (Å²) >= 11 is 3.44. The van der Waals surface area contributed by atoms with Gasteiger partial charge in [-0.3, -0.25) is 4.79 Å². The van der Waals surface area contributed by atoms with Gasteiger partial charge in [0.25, 0.3) is 0 Å². The molecule has 2 N–H and O–H groups in total. The van der Waals surface area contributed by atoms with Gasteiger partial charge in [0.05, 0.1) is 12.1 Å². The van der Waals surface area contributed by atoms with Crippen LogP contribution < -0.4 is 10.6 Å². The normalized spacial score (nSPS) is 17.6. The Morgan fingerprint density at radius 2 is 2.00 bits per heavy atom. The Bertz CT molecular complexity index is 797. The highest BCUT2D eigenvalue weighted by Gasteiger charge is 2.33. The minimum absolute atomic E-state index is 0.00471. The van der Waals surface area contributed by atoms with Gasteiger partial charge in [-0.2, -0.15) is 0 Å². The van der Waals surface area contributed by atoms with Crippen molar-refractivity contribution < 1.29 is 9.59 Å². The molecule has 0 saturated carbocycles. The lowest BCUT2D eigenvalue weighted by Crippen LogP contribution is -2.44. The largest absolute Gasteiger partial charge is 0.338 e.